The number of nitrogens with two attached hydrogens (primary N) is 1. The van der Waals surface area contributed by atoms with E-state index in [0.29, 0.717) is 5.41 Å². The van der Waals surface area contributed by atoms with E-state index >= 15 is 0 Å². The Kier molecular flexibility index (Phi) is 6.74. The molecule has 0 heterocycles. The number of hydrogen-bond donors (Lipinski definition) is 1. The van der Waals surface area contributed by atoms with Gasteiger partial charge in [0.05, 0.1) is 0 Å². The van der Waals surface area contributed by atoms with Gasteiger partial charge in [0.2, 0.25) is 0 Å². The van der Waals surface area contributed by atoms with Gasteiger partial charge in [-0.15, -0.1) is 0 Å². The third kappa shape index (κ3) is 4.78. The van der Waals surface area contributed by atoms with Crippen LogP contribution in [0.4, 0.5) is 0 Å². The van der Waals surface area contributed by atoms with Crippen molar-refractivity contribution >= 4 is 11.8 Å². The van der Waals surface area contributed by atoms with E-state index in [1.165, 1.54) is 62.9 Å². The molecular formula is C13H27NS. The van der Waals surface area contributed by atoms with Crippen LogP contribution in [0.3, 0.4) is 0 Å². The van der Waals surface area contributed by atoms with Crippen LogP contribution < -0.4 is 5.73 Å². The smallest absolute Gasteiger partial charge is 0.00202 e. The fraction of sp³-hybridized carbons (Fsp3) is 1.00. The van der Waals surface area contributed by atoms with Crippen molar-refractivity contribution in [1.29, 1.82) is 0 Å². The number of hydrogen-bond acceptors (Lipinski definition) is 2. The highest BCUT2D eigenvalue weighted by Gasteiger charge is 2.27. The van der Waals surface area contributed by atoms with Gasteiger partial charge in [-0.2, -0.15) is 11.8 Å². The van der Waals surface area contributed by atoms with Gasteiger partial charge in [0, 0.05) is 0 Å². The lowest BCUT2D eigenvalue weighted by molar-refractivity contribution is 0.212. The third-order valence-electron chi connectivity index (χ3n) is 3.83. The third-order valence-corrected chi connectivity index (χ3v) is 4.73. The van der Waals surface area contributed by atoms with E-state index in [-0.39, 0.29) is 0 Å². The molecule has 1 aliphatic carbocycles. The van der Waals surface area contributed by atoms with Crippen LogP contribution in [0.1, 0.15) is 58.3 Å². The molecule has 0 aliphatic heterocycles. The molecule has 0 radical (unpaired) electrons. The van der Waals surface area contributed by atoms with Crippen LogP contribution in [0.5, 0.6) is 0 Å². The van der Waals surface area contributed by atoms with Gasteiger partial charge in [-0.05, 0) is 42.7 Å². The molecule has 0 unspecified atom stereocenters. The molecule has 2 heteroatoms. The molecule has 1 aliphatic rings. The molecule has 0 aromatic carbocycles. The Morgan fingerprint density at radius 2 is 1.67 bits per heavy atom. The molecule has 0 atom stereocenters. The molecule has 15 heavy (non-hydrogen) atoms. The monoisotopic (exact) mass is 229 g/mol. The Labute approximate surface area is 99.6 Å². The average Bonchev–Trinajstić information content (AvgIpc) is 2.22. The van der Waals surface area contributed by atoms with E-state index in [1.807, 2.05) is 0 Å². The molecule has 0 saturated heterocycles. The fourth-order valence-corrected chi connectivity index (χ4v) is 3.51. The average molecular weight is 229 g/mol. The van der Waals surface area contributed by atoms with E-state index in [4.69, 9.17) is 5.73 Å². The molecule has 1 nitrogen and oxygen atoms in total. The Morgan fingerprint density at radius 3 is 2.20 bits per heavy atom. The summed E-state index contributed by atoms with van der Waals surface area (Å²) >= 11 is 2.07. The predicted molar refractivity (Wildman–Crippen MR) is 71.4 cm³/mol. The summed E-state index contributed by atoms with van der Waals surface area (Å²) in [5.41, 5.74) is 6.53. The van der Waals surface area contributed by atoms with Gasteiger partial charge in [-0.25, -0.2) is 0 Å². The van der Waals surface area contributed by atoms with E-state index in [2.05, 4.69) is 18.7 Å². The lowest BCUT2D eigenvalue weighted by Gasteiger charge is -2.34. The van der Waals surface area contributed by atoms with E-state index in [0.717, 1.165) is 6.54 Å². The van der Waals surface area contributed by atoms with E-state index in [9.17, 15) is 0 Å². The van der Waals surface area contributed by atoms with Gasteiger partial charge in [-0.1, -0.05) is 39.0 Å². The maximum Gasteiger partial charge on any atom is -0.00202 e. The zero-order valence-corrected chi connectivity index (χ0v) is 11.1. The molecule has 1 saturated carbocycles. The lowest BCUT2D eigenvalue weighted by atomic mass is 9.74. The van der Waals surface area contributed by atoms with Crippen LogP contribution in [-0.2, 0) is 0 Å². The van der Waals surface area contributed by atoms with Gasteiger partial charge < -0.3 is 5.73 Å². The minimum Gasteiger partial charge on any atom is -0.330 e. The van der Waals surface area contributed by atoms with Gasteiger partial charge in [0.25, 0.3) is 0 Å². The normalized spacial score (nSPS) is 22.0. The summed E-state index contributed by atoms with van der Waals surface area (Å²) < 4.78 is 0. The van der Waals surface area contributed by atoms with E-state index < -0.39 is 0 Å². The fourth-order valence-electron chi connectivity index (χ4n) is 2.64. The van der Waals surface area contributed by atoms with Crippen molar-refractivity contribution in [2.75, 3.05) is 18.1 Å². The Bertz CT molecular complexity index is 151. The minimum atomic E-state index is 0.503. The van der Waals surface area contributed by atoms with Gasteiger partial charge in [0.15, 0.2) is 0 Å². The first kappa shape index (κ1) is 13.4. The molecule has 0 bridgehead atoms. The zero-order chi connectivity index (χ0) is 11.0. The first-order chi connectivity index (χ1) is 7.33. The van der Waals surface area contributed by atoms with Crippen molar-refractivity contribution in [3.8, 4) is 0 Å². The summed E-state index contributed by atoms with van der Waals surface area (Å²) in [6, 6.07) is 0. The van der Waals surface area contributed by atoms with Crippen LogP contribution in [0, 0.1) is 5.41 Å². The quantitative estimate of drug-likeness (QED) is 0.725. The molecule has 2 N–H and O–H groups in total. The second-order valence-corrected chi connectivity index (χ2v) is 6.31. The summed E-state index contributed by atoms with van der Waals surface area (Å²) in [6.45, 7) is 3.16. The zero-order valence-electron chi connectivity index (χ0n) is 10.3. The maximum absolute atomic E-state index is 6.03. The second kappa shape index (κ2) is 7.56. The SMILES string of the molecule is CCSCCC1(CN)CCCCCCC1. The summed E-state index contributed by atoms with van der Waals surface area (Å²) in [7, 11) is 0. The summed E-state index contributed by atoms with van der Waals surface area (Å²) in [5.74, 6) is 2.56. The van der Waals surface area contributed by atoms with Crippen molar-refractivity contribution in [2.24, 2.45) is 11.1 Å². The first-order valence-corrected chi connectivity index (χ1v) is 7.76. The topological polar surface area (TPSA) is 26.0 Å². The molecule has 1 fully saturated rings. The standard InChI is InChI=1S/C13H27NS/c1-2-15-11-10-13(12-14)8-6-4-3-5-7-9-13/h2-12,14H2,1H3. The molecule has 0 amide bonds. The van der Waals surface area contributed by atoms with Crippen molar-refractivity contribution in [3.63, 3.8) is 0 Å². The number of rotatable bonds is 5. The molecule has 0 aromatic heterocycles. The minimum absolute atomic E-state index is 0.503. The summed E-state index contributed by atoms with van der Waals surface area (Å²) in [4.78, 5) is 0. The highest BCUT2D eigenvalue weighted by molar-refractivity contribution is 7.99. The van der Waals surface area contributed by atoms with Crippen molar-refractivity contribution in [2.45, 2.75) is 58.3 Å². The first-order valence-electron chi connectivity index (χ1n) is 6.61. The predicted octanol–water partition coefficient (Wildman–Crippen LogP) is 3.82. The highest BCUT2D eigenvalue weighted by atomic mass is 32.2. The van der Waals surface area contributed by atoms with Gasteiger partial charge in [-0.3, -0.25) is 0 Å². The van der Waals surface area contributed by atoms with Crippen molar-refractivity contribution in [3.05, 3.63) is 0 Å². The van der Waals surface area contributed by atoms with Gasteiger partial charge in [0.1, 0.15) is 0 Å². The Hall–Kier alpha value is 0.310. The van der Waals surface area contributed by atoms with Crippen molar-refractivity contribution in [1.82, 2.24) is 0 Å². The second-order valence-electron chi connectivity index (χ2n) is 4.92. The van der Waals surface area contributed by atoms with E-state index in [1.54, 1.807) is 0 Å². The maximum atomic E-state index is 6.03. The van der Waals surface area contributed by atoms with Gasteiger partial charge >= 0.3 is 0 Å². The van der Waals surface area contributed by atoms with Crippen LogP contribution in [0.15, 0.2) is 0 Å². The Balaban J connectivity index is 2.39. The molecule has 1 rings (SSSR count). The Morgan fingerprint density at radius 1 is 1.07 bits per heavy atom. The molecule has 0 aromatic rings. The summed E-state index contributed by atoms with van der Waals surface area (Å²) in [5, 5.41) is 0. The molecule has 90 valence electrons. The molecule has 0 spiro atoms. The largest absolute Gasteiger partial charge is 0.330 e. The van der Waals surface area contributed by atoms with Crippen molar-refractivity contribution < 1.29 is 0 Å². The highest BCUT2D eigenvalue weighted by Crippen LogP contribution is 2.37. The van der Waals surface area contributed by atoms with Crippen LogP contribution in [0.2, 0.25) is 0 Å². The molecular weight excluding hydrogens is 202 g/mol. The van der Waals surface area contributed by atoms with Crippen LogP contribution in [0.25, 0.3) is 0 Å². The lowest BCUT2D eigenvalue weighted by Crippen LogP contribution is -2.32. The summed E-state index contributed by atoms with van der Waals surface area (Å²) in [6.07, 6.45) is 11.3. The van der Waals surface area contributed by atoms with Crippen LogP contribution in [-0.4, -0.2) is 18.1 Å². The van der Waals surface area contributed by atoms with Crippen LogP contribution >= 0.6 is 11.8 Å². The number of thioether (sulfide) groups is 1.